The number of carbonyl (C=O) groups excluding carboxylic acids is 1. The maximum atomic E-state index is 10.3. The molecule has 5 heteroatoms. The van der Waals surface area contributed by atoms with Crippen LogP contribution in [0.4, 0.5) is 0 Å². The molecule has 30 heavy (non-hydrogen) atoms. The highest BCUT2D eigenvalue weighted by molar-refractivity contribution is 5.73. The van der Waals surface area contributed by atoms with Crippen molar-refractivity contribution in [3.05, 3.63) is 35.9 Å². The highest BCUT2D eigenvalue weighted by Crippen LogP contribution is 2.24. The smallest absolute Gasteiger partial charge is 0.170 e. The Morgan fingerprint density at radius 3 is 2.47 bits per heavy atom. The molecule has 1 aromatic carbocycles. The molecule has 0 saturated carbocycles. The van der Waals surface area contributed by atoms with E-state index in [1.807, 2.05) is 24.3 Å². The summed E-state index contributed by atoms with van der Waals surface area (Å²) in [5, 5.41) is 0. The van der Waals surface area contributed by atoms with Gasteiger partial charge >= 0.3 is 0 Å². The van der Waals surface area contributed by atoms with Crippen molar-refractivity contribution in [3.8, 4) is 18.1 Å². The van der Waals surface area contributed by atoms with Crippen molar-refractivity contribution < 1.29 is 31.4 Å². The van der Waals surface area contributed by atoms with Gasteiger partial charge in [0.2, 0.25) is 0 Å². The lowest BCUT2D eigenvalue weighted by Crippen LogP contribution is -3.00. The summed E-state index contributed by atoms with van der Waals surface area (Å²) in [6, 6.07) is 7.82. The zero-order chi connectivity index (χ0) is 20.8. The van der Waals surface area contributed by atoms with Crippen LogP contribution < -0.4 is 17.1 Å². The van der Waals surface area contributed by atoms with Gasteiger partial charge in [-0.15, -0.1) is 6.42 Å². The van der Waals surface area contributed by atoms with Crippen LogP contribution in [0.2, 0.25) is 0 Å². The topological polar surface area (TPSA) is 35.5 Å². The normalized spacial score (nSPS) is 20.6. The number of ether oxygens (including phenoxy) is 1. The summed E-state index contributed by atoms with van der Waals surface area (Å²) in [5.41, 5.74) is 1.00. The van der Waals surface area contributed by atoms with Gasteiger partial charge in [0.25, 0.3) is 0 Å². The molecule has 0 aliphatic carbocycles. The minimum Gasteiger partial charge on any atom is -1.00 e. The molecule has 0 aromatic heterocycles. The standard InChI is InChI=1S/C25H36NO3.ClH/c1-3-19-26(2)20-18-25(29-26)13-9-7-5-4-6-8-10-22-28-24-16-14-23(15-17-24)12-11-21-27;/h1,11-12,14-17,21,25H,4-10,13,18-20,22H2,2H3;1H/q+1;/p-1. The van der Waals surface area contributed by atoms with E-state index in [2.05, 4.69) is 13.0 Å². The van der Waals surface area contributed by atoms with Crippen molar-refractivity contribution in [2.45, 2.75) is 63.9 Å². The molecule has 0 radical (unpaired) electrons. The molecular weight excluding hydrogens is 398 g/mol. The average Bonchev–Trinajstić information content (AvgIpc) is 3.09. The van der Waals surface area contributed by atoms with E-state index in [1.54, 1.807) is 6.08 Å². The van der Waals surface area contributed by atoms with E-state index in [9.17, 15) is 4.79 Å². The van der Waals surface area contributed by atoms with Crippen LogP contribution in [0.25, 0.3) is 6.08 Å². The van der Waals surface area contributed by atoms with E-state index < -0.39 is 0 Å². The summed E-state index contributed by atoms with van der Waals surface area (Å²) < 4.78 is 6.37. The molecule has 0 amide bonds. The molecule has 1 aliphatic heterocycles. The first-order chi connectivity index (χ1) is 14.1. The third-order valence-electron chi connectivity index (χ3n) is 5.44. The maximum absolute atomic E-state index is 10.3. The Morgan fingerprint density at radius 1 is 1.13 bits per heavy atom. The number of hydroxylamine groups is 3. The molecule has 2 rings (SSSR count). The Labute approximate surface area is 188 Å². The summed E-state index contributed by atoms with van der Waals surface area (Å²) in [7, 11) is 2.09. The Balaban J connectivity index is 0.00000450. The molecule has 2 atom stereocenters. The molecular formula is C25H36ClNO3. The predicted octanol–water partition coefficient (Wildman–Crippen LogP) is 2.19. The largest absolute Gasteiger partial charge is 1.00 e. The summed E-state index contributed by atoms with van der Waals surface area (Å²) in [4.78, 5) is 16.4. The quantitative estimate of drug-likeness (QED) is 0.148. The van der Waals surface area contributed by atoms with Gasteiger partial charge < -0.3 is 17.1 Å². The van der Waals surface area contributed by atoms with Crippen molar-refractivity contribution in [2.24, 2.45) is 0 Å². The van der Waals surface area contributed by atoms with Gasteiger partial charge in [0.1, 0.15) is 24.7 Å². The van der Waals surface area contributed by atoms with Crippen LogP contribution in [0.1, 0.15) is 63.4 Å². The maximum Gasteiger partial charge on any atom is 0.170 e. The van der Waals surface area contributed by atoms with Crippen molar-refractivity contribution in [1.82, 2.24) is 0 Å². The van der Waals surface area contributed by atoms with Crippen molar-refractivity contribution >= 4 is 12.4 Å². The number of aldehydes is 1. The molecule has 1 aromatic rings. The number of nitrogens with zero attached hydrogens (tertiary/aromatic N) is 1. The van der Waals surface area contributed by atoms with Crippen LogP contribution in [0.15, 0.2) is 30.3 Å². The van der Waals surface area contributed by atoms with E-state index in [4.69, 9.17) is 16.0 Å². The molecule has 1 heterocycles. The van der Waals surface area contributed by atoms with Crippen molar-refractivity contribution in [3.63, 3.8) is 0 Å². The first-order valence-electron chi connectivity index (χ1n) is 11.0. The molecule has 166 valence electrons. The molecule has 0 spiro atoms. The first kappa shape index (κ1) is 26.2. The molecule has 4 nitrogen and oxygen atoms in total. The van der Waals surface area contributed by atoms with E-state index in [-0.39, 0.29) is 12.4 Å². The van der Waals surface area contributed by atoms with Gasteiger partial charge in [-0.2, -0.15) is 9.48 Å². The van der Waals surface area contributed by atoms with E-state index in [0.717, 1.165) is 50.0 Å². The first-order valence-corrected chi connectivity index (χ1v) is 11.0. The molecule has 0 bridgehead atoms. The number of hydrogen-bond donors (Lipinski definition) is 0. The Bertz CT molecular complexity index is 668. The van der Waals surface area contributed by atoms with E-state index in [0.29, 0.717) is 17.3 Å². The SMILES string of the molecule is C#CC[N+]1(C)CCC(CCCCCCCCCOc2ccc(C=CC=O)cc2)O1.[Cl-]. The second kappa shape index (κ2) is 15.1. The van der Waals surface area contributed by atoms with Gasteiger partial charge in [0.15, 0.2) is 6.54 Å². The summed E-state index contributed by atoms with van der Waals surface area (Å²) in [6.45, 7) is 2.47. The fourth-order valence-electron chi connectivity index (χ4n) is 3.76. The average molecular weight is 434 g/mol. The number of quaternary nitrogens is 1. The molecule has 1 saturated heterocycles. The summed E-state index contributed by atoms with van der Waals surface area (Å²) in [5.74, 6) is 3.61. The highest BCUT2D eigenvalue weighted by Gasteiger charge is 2.35. The van der Waals surface area contributed by atoms with Crippen molar-refractivity contribution in [2.75, 3.05) is 26.7 Å². The van der Waals surface area contributed by atoms with E-state index >= 15 is 0 Å². The number of unbranched alkanes of at least 4 members (excludes halogenated alkanes) is 6. The van der Waals surface area contributed by atoms with Crippen LogP contribution >= 0.6 is 0 Å². The van der Waals surface area contributed by atoms with Crippen LogP contribution in [0.3, 0.4) is 0 Å². The molecule has 2 unspecified atom stereocenters. The third kappa shape index (κ3) is 10.3. The monoisotopic (exact) mass is 433 g/mol. The van der Waals surface area contributed by atoms with Gasteiger partial charge in [0.05, 0.1) is 13.7 Å². The number of benzene rings is 1. The van der Waals surface area contributed by atoms with Gasteiger partial charge in [-0.25, -0.2) is 0 Å². The zero-order valence-electron chi connectivity index (χ0n) is 18.2. The summed E-state index contributed by atoms with van der Waals surface area (Å²) in [6.07, 6.45) is 20.9. The summed E-state index contributed by atoms with van der Waals surface area (Å²) >= 11 is 0. The minimum absolute atomic E-state index is 0. The highest BCUT2D eigenvalue weighted by atomic mass is 35.5. The van der Waals surface area contributed by atoms with Gasteiger partial charge in [-0.3, -0.25) is 4.79 Å². The number of rotatable bonds is 14. The second-order valence-electron chi connectivity index (χ2n) is 8.08. The lowest BCUT2D eigenvalue weighted by atomic mass is 10.1. The van der Waals surface area contributed by atoms with Crippen LogP contribution in [-0.4, -0.2) is 43.8 Å². The number of terminal acetylenes is 1. The lowest BCUT2D eigenvalue weighted by Gasteiger charge is -2.23. The zero-order valence-corrected chi connectivity index (χ0v) is 19.0. The van der Waals surface area contributed by atoms with Crippen molar-refractivity contribution in [1.29, 1.82) is 0 Å². The fourth-order valence-corrected chi connectivity index (χ4v) is 3.76. The van der Waals surface area contributed by atoms with Crippen LogP contribution in [0.5, 0.6) is 5.75 Å². The predicted molar refractivity (Wildman–Crippen MR) is 118 cm³/mol. The molecule has 1 fully saturated rings. The van der Waals surface area contributed by atoms with Crippen LogP contribution in [0, 0.1) is 12.3 Å². The van der Waals surface area contributed by atoms with Gasteiger partial charge in [-0.1, -0.05) is 56.7 Å². The molecule has 1 aliphatic rings. The fraction of sp³-hybridized carbons (Fsp3) is 0.560. The van der Waals surface area contributed by atoms with Crippen LogP contribution in [-0.2, 0) is 9.63 Å². The number of allylic oxidation sites excluding steroid dienone is 1. The second-order valence-corrected chi connectivity index (χ2v) is 8.08. The number of carbonyl (C=O) groups is 1. The van der Waals surface area contributed by atoms with Gasteiger partial charge in [0, 0.05) is 6.42 Å². The Kier molecular flexibility index (Phi) is 13.2. The lowest BCUT2D eigenvalue weighted by molar-refractivity contribution is -1.07. The molecule has 0 N–H and O–H groups in total. The third-order valence-corrected chi connectivity index (χ3v) is 5.44. The Hall–Kier alpha value is -1.80. The van der Waals surface area contributed by atoms with Gasteiger partial charge in [-0.05, 0) is 42.5 Å². The number of halogens is 1. The minimum atomic E-state index is 0. The number of hydrogen-bond acceptors (Lipinski definition) is 3. The van der Waals surface area contributed by atoms with E-state index in [1.165, 1.54) is 44.6 Å². The Morgan fingerprint density at radius 2 is 1.80 bits per heavy atom.